The third-order valence-electron chi connectivity index (χ3n) is 2.49. The van der Waals surface area contributed by atoms with E-state index < -0.39 is 0 Å². The van der Waals surface area contributed by atoms with E-state index in [0.717, 1.165) is 5.56 Å². The van der Waals surface area contributed by atoms with Gasteiger partial charge in [-0.05, 0) is 17.2 Å². The molecule has 0 atom stereocenters. The van der Waals surface area contributed by atoms with Gasteiger partial charge in [0.1, 0.15) is 0 Å². The average Bonchev–Trinajstić information content (AvgIpc) is 2.41. The molecule has 15 heavy (non-hydrogen) atoms. The van der Waals surface area contributed by atoms with E-state index in [9.17, 15) is 5.11 Å². The van der Waals surface area contributed by atoms with Crippen molar-refractivity contribution in [2.75, 3.05) is 0 Å². The number of benzene rings is 1. The van der Waals surface area contributed by atoms with Crippen molar-refractivity contribution in [1.82, 2.24) is 0 Å². The lowest BCUT2D eigenvalue weighted by atomic mass is 10.0. The Morgan fingerprint density at radius 2 is 2.00 bits per heavy atom. The Bertz CT molecular complexity index is 419. The van der Waals surface area contributed by atoms with Crippen LogP contribution in [0.25, 0.3) is 0 Å². The summed E-state index contributed by atoms with van der Waals surface area (Å²) in [5.74, 6) is -0.0489. The van der Waals surface area contributed by atoms with Crippen molar-refractivity contribution >= 4 is 12.1 Å². The summed E-state index contributed by atoms with van der Waals surface area (Å²) in [5, 5.41) is 15.2. The van der Waals surface area contributed by atoms with Gasteiger partial charge in [0.15, 0.2) is 5.54 Å². The molecule has 0 spiro atoms. The predicted octanol–water partition coefficient (Wildman–Crippen LogP) is 0.974. The van der Waals surface area contributed by atoms with Crippen LogP contribution in [0.5, 0.6) is 0 Å². The second kappa shape index (κ2) is 3.50. The standard InChI is InChI=1S/C12H14N2O/c1-12(2)8-11(15)13-14(12)9-10-6-4-3-5-7-10/h3-7,9H,8H2,1-2H3/b14-9-. The lowest BCUT2D eigenvalue weighted by Crippen LogP contribution is -2.31. The van der Waals surface area contributed by atoms with Crippen LogP contribution in [0.4, 0.5) is 0 Å². The van der Waals surface area contributed by atoms with Crippen molar-refractivity contribution in [3.63, 3.8) is 0 Å². The fourth-order valence-corrected chi connectivity index (χ4v) is 1.63. The Hall–Kier alpha value is -1.64. The zero-order valence-corrected chi connectivity index (χ0v) is 8.97. The maximum absolute atomic E-state index is 11.2. The molecule has 0 amide bonds. The molecule has 0 radical (unpaired) electrons. The van der Waals surface area contributed by atoms with Crippen LogP contribution >= 0.6 is 0 Å². The molecule has 1 aromatic rings. The molecular weight excluding hydrogens is 188 g/mol. The van der Waals surface area contributed by atoms with Gasteiger partial charge in [-0.1, -0.05) is 22.9 Å². The summed E-state index contributed by atoms with van der Waals surface area (Å²) in [6.45, 7) is 4.03. The molecule has 78 valence electrons. The van der Waals surface area contributed by atoms with Crippen LogP contribution in [0, 0.1) is 0 Å². The highest BCUT2D eigenvalue weighted by Crippen LogP contribution is 2.20. The van der Waals surface area contributed by atoms with E-state index >= 15 is 0 Å². The van der Waals surface area contributed by atoms with Crippen molar-refractivity contribution < 1.29 is 9.79 Å². The first-order valence-corrected chi connectivity index (χ1v) is 5.02. The van der Waals surface area contributed by atoms with E-state index in [1.165, 1.54) is 0 Å². The number of hydrogen-bond donors (Lipinski definition) is 0. The molecule has 1 aliphatic heterocycles. The molecule has 0 bridgehead atoms. The Balaban J connectivity index is 2.35. The van der Waals surface area contributed by atoms with Crippen LogP contribution in [-0.2, 0) is 0 Å². The fourth-order valence-electron chi connectivity index (χ4n) is 1.63. The van der Waals surface area contributed by atoms with E-state index in [1.54, 1.807) is 4.68 Å². The zero-order valence-electron chi connectivity index (χ0n) is 8.97. The largest absolute Gasteiger partial charge is 0.857 e. The van der Waals surface area contributed by atoms with Crippen molar-refractivity contribution in [3.8, 4) is 0 Å². The molecule has 1 aromatic carbocycles. The van der Waals surface area contributed by atoms with Gasteiger partial charge in [-0.25, -0.2) is 0 Å². The molecule has 0 saturated carbocycles. The second-order valence-electron chi connectivity index (χ2n) is 4.37. The third-order valence-corrected chi connectivity index (χ3v) is 2.49. The van der Waals surface area contributed by atoms with E-state index in [2.05, 4.69) is 5.10 Å². The molecular formula is C12H14N2O. The van der Waals surface area contributed by atoms with Crippen LogP contribution in [0.2, 0.25) is 0 Å². The third kappa shape index (κ3) is 2.06. The summed E-state index contributed by atoms with van der Waals surface area (Å²) in [5.41, 5.74) is 0.858. The van der Waals surface area contributed by atoms with Gasteiger partial charge < -0.3 is 5.11 Å². The molecule has 0 N–H and O–H groups in total. The van der Waals surface area contributed by atoms with Crippen molar-refractivity contribution in [1.29, 1.82) is 0 Å². The quantitative estimate of drug-likeness (QED) is 0.625. The highest BCUT2D eigenvalue weighted by Gasteiger charge is 2.36. The first-order valence-electron chi connectivity index (χ1n) is 5.02. The molecule has 0 fully saturated rings. The normalized spacial score (nSPS) is 21.7. The number of nitrogens with zero attached hydrogens (tertiary/aromatic N) is 2. The molecule has 2 rings (SSSR count). The minimum Gasteiger partial charge on any atom is -0.857 e. The number of hydrogen-bond acceptors (Lipinski definition) is 2. The molecule has 3 nitrogen and oxygen atoms in total. The van der Waals surface area contributed by atoms with Crippen molar-refractivity contribution in [3.05, 3.63) is 35.9 Å². The summed E-state index contributed by atoms with van der Waals surface area (Å²) in [6, 6.07) is 9.89. The van der Waals surface area contributed by atoms with Gasteiger partial charge in [-0.3, -0.25) is 0 Å². The Morgan fingerprint density at radius 1 is 1.33 bits per heavy atom. The number of hydrazone groups is 1. The smallest absolute Gasteiger partial charge is 0.203 e. The van der Waals surface area contributed by atoms with Gasteiger partial charge in [0, 0.05) is 31.7 Å². The Labute approximate surface area is 89.4 Å². The highest BCUT2D eigenvalue weighted by atomic mass is 16.3. The maximum atomic E-state index is 11.2. The highest BCUT2D eigenvalue weighted by molar-refractivity contribution is 5.78. The minimum atomic E-state index is -0.201. The lowest BCUT2D eigenvalue weighted by Gasteiger charge is -2.10. The van der Waals surface area contributed by atoms with Gasteiger partial charge in [0.2, 0.25) is 6.21 Å². The predicted molar refractivity (Wildman–Crippen MR) is 58.0 cm³/mol. The SMILES string of the molecule is CC1(C)CC([O-])=N/[N+]1=C\c1ccccc1. The van der Waals surface area contributed by atoms with Gasteiger partial charge in [0.05, 0.1) is 0 Å². The molecule has 3 heteroatoms. The summed E-state index contributed by atoms with van der Waals surface area (Å²) in [4.78, 5) is 0. The van der Waals surface area contributed by atoms with E-state index in [4.69, 9.17) is 0 Å². The fraction of sp³-hybridized carbons (Fsp3) is 0.333. The average molecular weight is 202 g/mol. The van der Waals surface area contributed by atoms with Crippen LogP contribution in [0.1, 0.15) is 25.8 Å². The van der Waals surface area contributed by atoms with Crippen molar-refractivity contribution in [2.45, 2.75) is 25.8 Å². The van der Waals surface area contributed by atoms with Crippen LogP contribution in [0.15, 0.2) is 35.4 Å². The summed E-state index contributed by atoms with van der Waals surface area (Å²) in [6.07, 6.45) is 2.39. The minimum absolute atomic E-state index is 0.0489. The van der Waals surface area contributed by atoms with Gasteiger partial charge in [-0.15, -0.1) is 0 Å². The Kier molecular flexibility index (Phi) is 2.31. The van der Waals surface area contributed by atoms with E-state index in [1.807, 2.05) is 50.4 Å². The molecule has 0 unspecified atom stereocenters. The second-order valence-corrected chi connectivity index (χ2v) is 4.37. The number of rotatable bonds is 1. The summed E-state index contributed by atoms with van der Waals surface area (Å²) in [7, 11) is 0. The van der Waals surface area contributed by atoms with Gasteiger partial charge in [0.25, 0.3) is 0 Å². The first kappa shape index (κ1) is 9.90. The lowest BCUT2D eigenvalue weighted by molar-refractivity contribution is -0.591. The van der Waals surface area contributed by atoms with Crippen molar-refractivity contribution in [2.24, 2.45) is 5.10 Å². The molecule has 1 aliphatic rings. The summed E-state index contributed by atoms with van der Waals surface area (Å²) < 4.78 is 1.75. The van der Waals surface area contributed by atoms with E-state index in [-0.39, 0.29) is 11.4 Å². The molecule has 0 aromatic heterocycles. The summed E-state index contributed by atoms with van der Waals surface area (Å²) >= 11 is 0. The van der Waals surface area contributed by atoms with Crippen LogP contribution < -0.4 is 5.11 Å². The van der Waals surface area contributed by atoms with Crippen LogP contribution in [0.3, 0.4) is 0 Å². The van der Waals surface area contributed by atoms with Gasteiger partial charge >= 0.3 is 0 Å². The molecule has 0 aliphatic carbocycles. The molecule has 1 heterocycles. The topological polar surface area (TPSA) is 38.4 Å². The van der Waals surface area contributed by atoms with Crippen LogP contribution in [-0.4, -0.2) is 22.3 Å². The molecule has 0 saturated heterocycles. The van der Waals surface area contributed by atoms with Gasteiger partial charge in [-0.2, -0.15) is 0 Å². The monoisotopic (exact) mass is 202 g/mol. The first-order chi connectivity index (χ1) is 7.08. The Morgan fingerprint density at radius 3 is 2.53 bits per heavy atom. The zero-order chi connectivity index (χ0) is 10.9. The van der Waals surface area contributed by atoms with E-state index in [0.29, 0.717) is 6.42 Å². The maximum Gasteiger partial charge on any atom is 0.203 e.